The van der Waals surface area contributed by atoms with Crippen molar-refractivity contribution in [2.75, 3.05) is 40.5 Å². The van der Waals surface area contributed by atoms with Crippen LogP contribution in [0, 0.1) is 0 Å². The SMILES string of the molecule is COc1ccc(C(=O)c2ccccc2)c(OC)c1CN1CCOCC1. The van der Waals surface area contributed by atoms with E-state index in [1.54, 1.807) is 20.3 Å². The Kier molecular flexibility index (Phi) is 5.68. The van der Waals surface area contributed by atoms with Gasteiger partial charge < -0.3 is 14.2 Å². The molecule has 0 bridgehead atoms. The number of carbonyl (C=O) groups is 1. The number of nitrogens with zero attached hydrogens (tertiary/aromatic N) is 1. The third-order valence-corrected chi connectivity index (χ3v) is 4.41. The van der Waals surface area contributed by atoms with Crippen LogP contribution < -0.4 is 9.47 Å². The van der Waals surface area contributed by atoms with Crippen LogP contribution in [0.25, 0.3) is 0 Å². The summed E-state index contributed by atoms with van der Waals surface area (Å²) >= 11 is 0. The molecule has 0 spiro atoms. The summed E-state index contributed by atoms with van der Waals surface area (Å²) in [7, 11) is 3.23. The van der Waals surface area contributed by atoms with Gasteiger partial charge in [-0.1, -0.05) is 30.3 Å². The van der Waals surface area contributed by atoms with Crippen LogP contribution in [0.15, 0.2) is 42.5 Å². The van der Waals surface area contributed by atoms with E-state index >= 15 is 0 Å². The molecule has 0 aromatic heterocycles. The number of morpholine rings is 1. The highest BCUT2D eigenvalue weighted by atomic mass is 16.5. The van der Waals surface area contributed by atoms with Crippen LogP contribution in [0.5, 0.6) is 11.5 Å². The molecule has 0 N–H and O–H groups in total. The van der Waals surface area contributed by atoms with Crippen LogP contribution in [0.1, 0.15) is 21.5 Å². The summed E-state index contributed by atoms with van der Waals surface area (Å²) in [6.07, 6.45) is 0. The normalized spacial score (nSPS) is 15.0. The number of ketones is 1. The molecule has 132 valence electrons. The number of benzene rings is 2. The summed E-state index contributed by atoms with van der Waals surface area (Å²) < 4.78 is 16.6. The van der Waals surface area contributed by atoms with Crippen molar-refractivity contribution in [2.24, 2.45) is 0 Å². The standard InChI is InChI=1S/C20H23NO4/c1-23-18-9-8-16(19(22)15-6-4-3-5-7-15)20(24-2)17(18)14-21-10-12-25-13-11-21/h3-9H,10-14H2,1-2H3. The second-order valence-electron chi connectivity index (χ2n) is 5.91. The molecular weight excluding hydrogens is 318 g/mol. The maximum absolute atomic E-state index is 12.9. The molecule has 5 nitrogen and oxygen atoms in total. The largest absolute Gasteiger partial charge is 0.496 e. The van der Waals surface area contributed by atoms with Crippen molar-refractivity contribution >= 4 is 5.78 Å². The lowest BCUT2D eigenvalue weighted by Gasteiger charge is -2.28. The van der Waals surface area contributed by atoms with Crippen molar-refractivity contribution in [1.82, 2.24) is 4.90 Å². The number of ether oxygens (including phenoxy) is 3. The Bertz CT molecular complexity index is 724. The average Bonchev–Trinajstić information content (AvgIpc) is 2.68. The smallest absolute Gasteiger partial charge is 0.196 e. The van der Waals surface area contributed by atoms with Gasteiger partial charge >= 0.3 is 0 Å². The second-order valence-corrected chi connectivity index (χ2v) is 5.91. The van der Waals surface area contributed by atoms with Crippen LogP contribution in [-0.4, -0.2) is 51.2 Å². The van der Waals surface area contributed by atoms with E-state index in [1.165, 1.54) is 0 Å². The Morgan fingerprint density at radius 2 is 1.76 bits per heavy atom. The number of rotatable bonds is 6. The first-order valence-corrected chi connectivity index (χ1v) is 8.38. The Hall–Kier alpha value is -2.37. The van der Waals surface area contributed by atoms with Crippen molar-refractivity contribution < 1.29 is 19.0 Å². The molecule has 25 heavy (non-hydrogen) atoms. The van der Waals surface area contributed by atoms with Gasteiger partial charge in [0.05, 0.1) is 38.6 Å². The van der Waals surface area contributed by atoms with Crippen LogP contribution >= 0.6 is 0 Å². The number of methoxy groups -OCH3 is 2. The fraction of sp³-hybridized carbons (Fsp3) is 0.350. The summed E-state index contributed by atoms with van der Waals surface area (Å²) in [6.45, 7) is 3.79. The fourth-order valence-electron chi connectivity index (χ4n) is 3.09. The van der Waals surface area contributed by atoms with Crippen molar-refractivity contribution in [3.63, 3.8) is 0 Å². The van der Waals surface area contributed by atoms with E-state index in [1.807, 2.05) is 36.4 Å². The predicted octanol–water partition coefficient (Wildman–Crippen LogP) is 2.77. The summed E-state index contributed by atoms with van der Waals surface area (Å²) in [5.41, 5.74) is 2.09. The molecule has 2 aromatic rings. The minimum atomic E-state index is -0.0525. The fourth-order valence-corrected chi connectivity index (χ4v) is 3.09. The molecule has 0 amide bonds. The van der Waals surface area contributed by atoms with Crippen molar-refractivity contribution in [3.05, 3.63) is 59.2 Å². The van der Waals surface area contributed by atoms with E-state index in [-0.39, 0.29) is 5.78 Å². The number of carbonyl (C=O) groups excluding carboxylic acids is 1. The van der Waals surface area contributed by atoms with E-state index < -0.39 is 0 Å². The van der Waals surface area contributed by atoms with E-state index in [0.29, 0.717) is 36.6 Å². The number of hydrogen-bond donors (Lipinski definition) is 0. The first-order chi connectivity index (χ1) is 12.2. The van der Waals surface area contributed by atoms with Gasteiger partial charge in [-0.3, -0.25) is 9.69 Å². The van der Waals surface area contributed by atoms with Crippen molar-refractivity contribution in [1.29, 1.82) is 0 Å². The first-order valence-electron chi connectivity index (χ1n) is 8.38. The molecule has 1 aliphatic heterocycles. The summed E-state index contributed by atoms with van der Waals surface area (Å²) in [4.78, 5) is 15.2. The van der Waals surface area contributed by atoms with E-state index in [2.05, 4.69) is 4.90 Å². The molecule has 0 saturated carbocycles. The highest BCUT2D eigenvalue weighted by Gasteiger charge is 2.23. The lowest BCUT2D eigenvalue weighted by Crippen LogP contribution is -2.35. The van der Waals surface area contributed by atoms with E-state index in [9.17, 15) is 4.79 Å². The Morgan fingerprint density at radius 3 is 2.40 bits per heavy atom. The molecule has 1 aliphatic rings. The van der Waals surface area contributed by atoms with E-state index in [4.69, 9.17) is 14.2 Å². The van der Waals surface area contributed by atoms with Gasteiger partial charge in [0.1, 0.15) is 11.5 Å². The molecule has 0 unspecified atom stereocenters. The lowest BCUT2D eigenvalue weighted by atomic mass is 9.98. The molecule has 0 atom stereocenters. The Balaban J connectivity index is 1.99. The van der Waals surface area contributed by atoms with Crippen LogP contribution in [-0.2, 0) is 11.3 Å². The molecular formula is C20H23NO4. The highest BCUT2D eigenvalue weighted by Crippen LogP contribution is 2.34. The molecule has 3 rings (SSSR count). The topological polar surface area (TPSA) is 48.0 Å². The third-order valence-electron chi connectivity index (χ3n) is 4.41. The first kappa shape index (κ1) is 17.5. The van der Waals surface area contributed by atoms with Crippen LogP contribution in [0.2, 0.25) is 0 Å². The zero-order valence-corrected chi connectivity index (χ0v) is 14.7. The minimum absolute atomic E-state index is 0.0525. The second kappa shape index (κ2) is 8.14. The molecule has 1 heterocycles. The van der Waals surface area contributed by atoms with Crippen molar-refractivity contribution in [2.45, 2.75) is 6.54 Å². The molecule has 5 heteroatoms. The molecule has 2 aromatic carbocycles. The van der Waals surface area contributed by atoms with Gasteiger partial charge in [0.15, 0.2) is 5.78 Å². The van der Waals surface area contributed by atoms with E-state index in [0.717, 1.165) is 24.4 Å². The summed E-state index contributed by atoms with van der Waals surface area (Å²) in [5.74, 6) is 1.26. The minimum Gasteiger partial charge on any atom is -0.496 e. The summed E-state index contributed by atoms with van der Waals surface area (Å²) in [6, 6.07) is 12.9. The Labute approximate surface area is 148 Å². The van der Waals surface area contributed by atoms with Gasteiger partial charge in [0.2, 0.25) is 0 Å². The van der Waals surface area contributed by atoms with Gasteiger partial charge in [-0.05, 0) is 12.1 Å². The monoisotopic (exact) mass is 341 g/mol. The predicted molar refractivity (Wildman–Crippen MR) is 95.5 cm³/mol. The maximum Gasteiger partial charge on any atom is 0.196 e. The number of hydrogen-bond acceptors (Lipinski definition) is 5. The van der Waals surface area contributed by atoms with Crippen molar-refractivity contribution in [3.8, 4) is 11.5 Å². The quantitative estimate of drug-likeness (QED) is 0.756. The highest BCUT2D eigenvalue weighted by molar-refractivity contribution is 6.11. The lowest BCUT2D eigenvalue weighted by molar-refractivity contribution is 0.0335. The summed E-state index contributed by atoms with van der Waals surface area (Å²) in [5, 5.41) is 0. The zero-order chi connectivity index (χ0) is 17.6. The maximum atomic E-state index is 12.9. The van der Waals surface area contributed by atoms with Gasteiger partial charge in [-0.2, -0.15) is 0 Å². The molecule has 1 fully saturated rings. The molecule has 0 aliphatic carbocycles. The van der Waals surface area contributed by atoms with Gasteiger partial charge in [0, 0.05) is 25.2 Å². The van der Waals surface area contributed by atoms with Crippen LogP contribution in [0.4, 0.5) is 0 Å². The molecule has 0 radical (unpaired) electrons. The zero-order valence-electron chi connectivity index (χ0n) is 14.7. The Morgan fingerprint density at radius 1 is 1.04 bits per heavy atom. The van der Waals surface area contributed by atoms with Gasteiger partial charge in [0.25, 0.3) is 0 Å². The average molecular weight is 341 g/mol. The third kappa shape index (κ3) is 3.83. The van der Waals surface area contributed by atoms with Gasteiger partial charge in [-0.15, -0.1) is 0 Å². The molecule has 1 saturated heterocycles. The van der Waals surface area contributed by atoms with Crippen LogP contribution in [0.3, 0.4) is 0 Å². The van der Waals surface area contributed by atoms with Gasteiger partial charge in [-0.25, -0.2) is 0 Å².